The van der Waals surface area contributed by atoms with E-state index in [1.807, 2.05) is 13.8 Å². The van der Waals surface area contributed by atoms with Gasteiger partial charge in [-0.3, -0.25) is 4.79 Å². The lowest BCUT2D eigenvalue weighted by Crippen LogP contribution is -2.43. The largest absolute Gasteiger partial charge is 0.376 e. The van der Waals surface area contributed by atoms with Crippen molar-refractivity contribution in [2.45, 2.75) is 45.3 Å². The molecule has 1 unspecified atom stereocenters. The Morgan fingerprint density at radius 2 is 2.17 bits per heavy atom. The standard InChI is InChI=1S/C21H27ClFN5O2/c1-13(2)9-17(20(29)24-12-16-7-4-8-30-16)26-21-27-18(22)11-19(28-21)25-15-6-3-5-14(23)10-15/h3,5-6,10-11,13,16-17H,4,7-9,12H2,1-2H3,(H,24,29)(H2,25,26,27,28)/t16?,17-/m0/s1. The first-order valence-corrected chi connectivity index (χ1v) is 10.5. The third-order valence-electron chi connectivity index (χ3n) is 4.65. The Bertz CT molecular complexity index is 861. The Morgan fingerprint density at radius 1 is 1.33 bits per heavy atom. The fourth-order valence-corrected chi connectivity index (χ4v) is 3.45. The fourth-order valence-electron chi connectivity index (χ4n) is 3.26. The SMILES string of the molecule is CC(C)C[C@H](Nc1nc(Cl)cc(Nc2cccc(F)c2)n1)C(=O)NCC1CCCO1. The third kappa shape index (κ3) is 6.81. The van der Waals surface area contributed by atoms with Gasteiger partial charge in [0.1, 0.15) is 22.8 Å². The molecular weight excluding hydrogens is 409 g/mol. The fraction of sp³-hybridized carbons (Fsp3) is 0.476. The summed E-state index contributed by atoms with van der Waals surface area (Å²) in [6, 6.07) is 7.03. The molecule has 9 heteroatoms. The number of aromatic nitrogens is 2. The van der Waals surface area contributed by atoms with E-state index in [-0.39, 0.29) is 34.8 Å². The average molecular weight is 436 g/mol. The van der Waals surface area contributed by atoms with E-state index in [0.717, 1.165) is 19.4 Å². The molecule has 0 saturated carbocycles. The Labute approximate surface area is 180 Å². The summed E-state index contributed by atoms with van der Waals surface area (Å²) < 4.78 is 19.0. The molecule has 162 valence electrons. The minimum Gasteiger partial charge on any atom is -0.376 e. The van der Waals surface area contributed by atoms with Gasteiger partial charge in [0, 0.05) is 24.9 Å². The molecule has 1 fully saturated rings. The van der Waals surface area contributed by atoms with Crippen LogP contribution in [-0.4, -0.2) is 41.2 Å². The molecule has 1 aromatic carbocycles. The zero-order valence-electron chi connectivity index (χ0n) is 17.1. The Hall–Kier alpha value is -2.45. The lowest BCUT2D eigenvalue weighted by molar-refractivity contribution is -0.122. The van der Waals surface area contributed by atoms with E-state index >= 15 is 0 Å². The summed E-state index contributed by atoms with van der Waals surface area (Å²) in [7, 11) is 0. The molecule has 3 rings (SSSR count). The molecular formula is C21H27ClFN5O2. The number of amides is 1. The number of hydrogen-bond donors (Lipinski definition) is 3. The molecule has 30 heavy (non-hydrogen) atoms. The molecule has 0 aliphatic carbocycles. The van der Waals surface area contributed by atoms with Crippen LogP contribution in [0.25, 0.3) is 0 Å². The molecule has 1 aliphatic heterocycles. The second-order valence-electron chi connectivity index (χ2n) is 7.74. The van der Waals surface area contributed by atoms with E-state index in [1.54, 1.807) is 12.1 Å². The Kier molecular flexibility index (Phi) is 7.81. The van der Waals surface area contributed by atoms with Gasteiger partial charge in [0.2, 0.25) is 11.9 Å². The van der Waals surface area contributed by atoms with Gasteiger partial charge in [-0.2, -0.15) is 4.98 Å². The van der Waals surface area contributed by atoms with Crippen molar-refractivity contribution in [2.24, 2.45) is 5.92 Å². The van der Waals surface area contributed by atoms with Crippen molar-refractivity contribution < 1.29 is 13.9 Å². The third-order valence-corrected chi connectivity index (χ3v) is 4.84. The maximum atomic E-state index is 13.4. The minimum atomic E-state index is -0.521. The maximum absolute atomic E-state index is 13.4. The van der Waals surface area contributed by atoms with Crippen LogP contribution in [0.5, 0.6) is 0 Å². The molecule has 1 aliphatic rings. The van der Waals surface area contributed by atoms with Gasteiger partial charge in [0.25, 0.3) is 0 Å². The molecule has 1 amide bonds. The number of carbonyl (C=O) groups excluding carboxylic acids is 1. The summed E-state index contributed by atoms with van der Waals surface area (Å²) in [4.78, 5) is 21.3. The Balaban J connectivity index is 1.69. The molecule has 0 bridgehead atoms. The molecule has 1 aromatic heterocycles. The topological polar surface area (TPSA) is 88.2 Å². The monoisotopic (exact) mass is 435 g/mol. The Morgan fingerprint density at radius 3 is 2.87 bits per heavy atom. The van der Waals surface area contributed by atoms with Crippen LogP contribution in [0.4, 0.5) is 21.8 Å². The highest BCUT2D eigenvalue weighted by atomic mass is 35.5. The van der Waals surface area contributed by atoms with Crippen molar-refractivity contribution in [1.29, 1.82) is 0 Å². The van der Waals surface area contributed by atoms with Gasteiger partial charge in [-0.1, -0.05) is 31.5 Å². The highest BCUT2D eigenvalue weighted by Gasteiger charge is 2.23. The summed E-state index contributed by atoms with van der Waals surface area (Å²) in [6.45, 7) is 5.30. The molecule has 1 saturated heterocycles. The van der Waals surface area contributed by atoms with Crippen molar-refractivity contribution in [3.63, 3.8) is 0 Å². The van der Waals surface area contributed by atoms with Crippen LogP contribution in [0, 0.1) is 11.7 Å². The summed E-state index contributed by atoms with van der Waals surface area (Å²) in [5.41, 5.74) is 0.531. The molecule has 2 atom stereocenters. The average Bonchev–Trinajstić information content (AvgIpc) is 3.18. The summed E-state index contributed by atoms with van der Waals surface area (Å²) in [6.07, 6.45) is 2.64. The number of nitrogens with one attached hydrogen (secondary N) is 3. The van der Waals surface area contributed by atoms with Gasteiger partial charge in [-0.05, 0) is 43.4 Å². The number of nitrogens with zero attached hydrogens (tertiary/aromatic N) is 2. The molecule has 0 radical (unpaired) electrons. The number of halogens is 2. The van der Waals surface area contributed by atoms with Crippen LogP contribution in [0.3, 0.4) is 0 Å². The number of rotatable bonds is 9. The summed E-state index contributed by atoms with van der Waals surface area (Å²) in [5.74, 6) is 0.395. The van der Waals surface area contributed by atoms with Crippen LogP contribution < -0.4 is 16.0 Å². The van der Waals surface area contributed by atoms with Gasteiger partial charge < -0.3 is 20.7 Å². The van der Waals surface area contributed by atoms with Crippen molar-refractivity contribution in [1.82, 2.24) is 15.3 Å². The van der Waals surface area contributed by atoms with Crippen molar-refractivity contribution in [3.8, 4) is 0 Å². The van der Waals surface area contributed by atoms with E-state index < -0.39 is 6.04 Å². The predicted molar refractivity (Wildman–Crippen MR) is 116 cm³/mol. The highest BCUT2D eigenvalue weighted by molar-refractivity contribution is 6.29. The van der Waals surface area contributed by atoms with E-state index in [9.17, 15) is 9.18 Å². The lowest BCUT2D eigenvalue weighted by Gasteiger charge is -2.21. The molecule has 2 heterocycles. The zero-order valence-corrected chi connectivity index (χ0v) is 17.9. The number of ether oxygens (including phenoxy) is 1. The first-order chi connectivity index (χ1) is 14.4. The van der Waals surface area contributed by atoms with Gasteiger partial charge in [-0.15, -0.1) is 0 Å². The minimum absolute atomic E-state index is 0.0677. The smallest absolute Gasteiger partial charge is 0.242 e. The van der Waals surface area contributed by atoms with Crippen LogP contribution in [0.1, 0.15) is 33.1 Å². The number of carbonyl (C=O) groups is 1. The van der Waals surface area contributed by atoms with Gasteiger partial charge in [0.05, 0.1) is 6.10 Å². The van der Waals surface area contributed by atoms with E-state index in [0.29, 0.717) is 24.5 Å². The molecule has 3 N–H and O–H groups in total. The lowest BCUT2D eigenvalue weighted by atomic mass is 10.0. The summed E-state index contributed by atoms with van der Waals surface area (Å²) in [5, 5.41) is 9.25. The normalized spacial score (nSPS) is 17.0. The van der Waals surface area contributed by atoms with Gasteiger partial charge in [-0.25, -0.2) is 9.37 Å². The zero-order chi connectivity index (χ0) is 21.5. The van der Waals surface area contributed by atoms with E-state index in [2.05, 4.69) is 25.9 Å². The van der Waals surface area contributed by atoms with Gasteiger partial charge >= 0.3 is 0 Å². The second-order valence-corrected chi connectivity index (χ2v) is 8.13. The molecule has 0 spiro atoms. The van der Waals surface area contributed by atoms with Crippen molar-refractivity contribution in [3.05, 3.63) is 41.3 Å². The van der Waals surface area contributed by atoms with Crippen LogP contribution in [0.15, 0.2) is 30.3 Å². The van der Waals surface area contributed by atoms with Crippen LogP contribution in [-0.2, 0) is 9.53 Å². The number of benzene rings is 1. The quantitative estimate of drug-likeness (QED) is 0.513. The van der Waals surface area contributed by atoms with Gasteiger partial charge in [0.15, 0.2) is 0 Å². The van der Waals surface area contributed by atoms with E-state index in [4.69, 9.17) is 16.3 Å². The summed E-state index contributed by atoms with van der Waals surface area (Å²) >= 11 is 6.14. The first-order valence-electron chi connectivity index (χ1n) is 10.1. The highest BCUT2D eigenvalue weighted by Crippen LogP contribution is 2.21. The second kappa shape index (κ2) is 10.5. The predicted octanol–water partition coefficient (Wildman–Crippen LogP) is 4.13. The van der Waals surface area contributed by atoms with Crippen LogP contribution >= 0.6 is 11.6 Å². The number of hydrogen-bond acceptors (Lipinski definition) is 6. The first kappa shape index (κ1) is 22.2. The van der Waals surface area contributed by atoms with Crippen molar-refractivity contribution >= 4 is 35.0 Å². The molecule has 2 aromatic rings. The maximum Gasteiger partial charge on any atom is 0.242 e. The van der Waals surface area contributed by atoms with Crippen molar-refractivity contribution in [2.75, 3.05) is 23.8 Å². The van der Waals surface area contributed by atoms with E-state index in [1.165, 1.54) is 18.2 Å². The van der Waals surface area contributed by atoms with Crippen LogP contribution in [0.2, 0.25) is 5.15 Å². The number of anilines is 3. The molecule has 7 nitrogen and oxygen atoms in total.